The maximum atomic E-state index is 12.1. The molecule has 0 atom stereocenters. The van der Waals surface area contributed by atoms with Crippen molar-refractivity contribution in [2.45, 2.75) is 31.3 Å². The lowest BCUT2D eigenvalue weighted by Crippen LogP contribution is -2.40. The molecule has 110 valence electrons. The third-order valence-electron chi connectivity index (χ3n) is 3.86. The zero-order valence-electron chi connectivity index (χ0n) is 11.7. The molecule has 1 aliphatic rings. The lowest BCUT2D eigenvalue weighted by molar-refractivity contribution is 0.0448. The Kier molecular flexibility index (Phi) is 3.70. The number of rotatable bonds is 4. The topological polar surface area (TPSA) is 80.0 Å². The fraction of sp³-hybridized carbons (Fsp3) is 0.400. The Morgan fingerprint density at radius 3 is 2.71 bits per heavy atom. The van der Waals surface area contributed by atoms with Gasteiger partial charge in [-0.1, -0.05) is 36.3 Å². The second-order valence-corrected chi connectivity index (χ2v) is 5.50. The summed E-state index contributed by atoms with van der Waals surface area (Å²) in [6.45, 7) is 0.268. The number of aromatic nitrogens is 3. The Morgan fingerprint density at radius 2 is 2.00 bits per heavy atom. The van der Waals surface area contributed by atoms with Gasteiger partial charge in [0.2, 0.25) is 0 Å². The van der Waals surface area contributed by atoms with Crippen LogP contribution in [0, 0.1) is 0 Å². The summed E-state index contributed by atoms with van der Waals surface area (Å²) in [5, 5.41) is 20.8. The molecule has 1 aromatic heterocycles. The van der Waals surface area contributed by atoms with Crippen LogP contribution >= 0.6 is 0 Å². The van der Waals surface area contributed by atoms with Crippen molar-refractivity contribution in [1.29, 1.82) is 0 Å². The van der Waals surface area contributed by atoms with Crippen LogP contribution in [0.15, 0.2) is 36.5 Å². The van der Waals surface area contributed by atoms with Crippen molar-refractivity contribution < 1.29 is 9.90 Å². The average molecular weight is 286 g/mol. The van der Waals surface area contributed by atoms with Crippen LogP contribution in [0.2, 0.25) is 0 Å². The molecule has 6 nitrogen and oxygen atoms in total. The molecule has 6 heteroatoms. The summed E-state index contributed by atoms with van der Waals surface area (Å²) in [6, 6.07) is 9.48. The number of nitrogens with zero attached hydrogens (tertiary/aromatic N) is 3. The van der Waals surface area contributed by atoms with Crippen molar-refractivity contribution in [3.63, 3.8) is 0 Å². The SMILES string of the molecule is O=C(NCC1(O)CCCC1)c1cn(-c2ccccc2)nn1. The molecule has 1 aromatic carbocycles. The van der Waals surface area contributed by atoms with Gasteiger partial charge in [0.05, 0.1) is 17.5 Å². The molecule has 1 heterocycles. The summed E-state index contributed by atoms with van der Waals surface area (Å²) >= 11 is 0. The van der Waals surface area contributed by atoms with Crippen molar-refractivity contribution >= 4 is 5.91 Å². The maximum absolute atomic E-state index is 12.1. The molecule has 1 saturated carbocycles. The molecule has 0 spiro atoms. The summed E-state index contributed by atoms with van der Waals surface area (Å²) < 4.78 is 1.55. The van der Waals surface area contributed by atoms with Crippen LogP contribution in [0.3, 0.4) is 0 Å². The minimum absolute atomic E-state index is 0.250. The number of aliphatic hydroxyl groups is 1. The van der Waals surface area contributed by atoms with E-state index in [0.717, 1.165) is 31.4 Å². The van der Waals surface area contributed by atoms with Gasteiger partial charge in [-0.15, -0.1) is 5.10 Å². The van der Waals surface area contributed by atoms with Gasteiger partial charge in [-0.05, 0) is 25.0 Å². The molecule has 0 unspecified atom stereocenters. The second kappa shape index (κ2) is 5.65. The first-order chi connectivity index (χ1) is 10.2. The fourth-order valence-corrected chi connectivity index (χ4v) is 2.62. The zero-order chi connectivity index (χ0) is 14.7. The molecular weight excluding hydrogens is 268 g/mol. The van der Waals surface area contributed by atoms with Crippen LogP contribution in [-0.2, 0) is 0 Å². The van der Waals surface area contributed by atoms with E-state index in [1.807, 2.05) is 30.3 Å². The van der Waals surface area contributed by atoms with E-state index >= 15 is 0 Å². The van der Waals surface area contributed by atoms with E-state index in [4.69, 9.17) is 0 Å². The molecule has 0 saturated heterocycles. The lowest BCUT2D eigenvalue weighted by atomic mass is 10.0. The van der Waals surface area contributed by atoms with Gasteiger partial charge in [-0.2, -0.15) is 0 Å². The molecule has 2 aromatic rings. The highest BCUT2D eigenvalue weighted by Crippen LogP contribution is 2.28. The lowest BCUT2D eigenvalue weighted by Gasteiger charge is -2.21. The van der Waals surface area contributed by atoms with E-state index in [0.29, 0.717) is 0 Å². The Balaban J connectivity index is 1.64. The minimum Gasteiger partial charge on any atom is -0.388 e. The van der Waals surface area contributed by atoms with Crippen LogP contribution in [-0.4, -0.2) is 38.2 Å². The predicted octanol–water partition coefficient (Wildman–Crippen LogP) is 1.30. The van der Waals surface area contributed by atoms with E-state index in [1.54, 1.807) is 10.9 Å². The zero-order valence-corrected chi connectivity index (χ0v) is 11.7. The van der Waals surface area contributed by atoms with Gasteiger partial charge in [0, 0.05) is 6.54 Å². The number of carbonyl (C=O) groups excluding carboxylic acids is 1. The van der Waals surface area contributed by atoms with Crippen LogP contribution in [0.4, 0.5) is 0 Å². The third kappa shape index (κ3) is 3.11. The highest BCUT2D eigenvalue weighted by molar-refractivity contribution is 5.91. The maximum Gasteiger partial charge on any atom is 0.273 e. The van der Waals surface area contributed by atoms with Gasteiger partial charge >= 0.3 is 0 Å². The van der Waals surface area contributed by atoms with Gasteiger partial charge < -0.3 is 10.4 Å². The summed E-state index contributed by atoms with van der Waals surface area (Å²) in [6.07, 6.45) is 5.09. The standard InChI is InChI=1S/C15H18N4O2/c20-14(16-11-15(21)8-4-5-9-15)13-10-19(18-17-13)12-6-2-1-3-7-12/h1-3,6-7,10,21H,4-5,8-9,11H2,(H,16,20). The van der Waals surface area contributed by atoms with Gasteiger partial charge in [0.15, 0.2) is 5.69 Å². The van der Waals surface area contributed by atoms with Gasteiger partial charge in [-0.25, -0.2) is 4.68 Å². The number of hydrogen-bond donors (Lipinski definition) is 2. The molecule has 0 aliphatic heterocycles. The Morgan fingerprint density at radius 1 is 1.29 bits per heavy atom. The third-order valence-corrected chi connectivity index (χ3v) is 3.86. The summed E-state index contributed by atoms with van der Waals surface area (Å²) in [5.41, 5.74) is 0.337. The Labute approximate surface area is 122 Å². The van der Waals surface area contributed by atoms with Crippen LogP contribution < -0.4 is 5.32 Å². The van der Waals surface area contributed by atoms with Crippen molar-refractivity contribution in [2.75, 3.05) is 6.54 Å². The van der Waals surface area contributed by atoms with E-state index in [9.17, 15) is 9.90 Å². The number of carbonyl (C=O) groups is 1. The quantitative estimate of drug-likeness (QED) is 0.888. The van der Waals surface area contributed by atoms with E-state index < -0.39 is 5.60 Å². The fourth-order valence-electron chi connectivity index (χ4n) is 2.62. The minimum atomic E-state index is -0.759. The van der Waals surface area contributed by atoms with Crippen LogP contribution in [0.1, 0.15) is 36.2 Å². The number of hydrogen-bond acceptors (Lipinski definition) is 4. The molecule has 2 N–H and O–H groups in total. The van der Waals surface area contributed by atoms with Crippen LogP contribution in [0.5, 0.6) is 0 Å². The summed E-state index contributed by atoms with van der Waals surface area (Å²) in [7, 11) is 0. The first kappa shape index (κ1) is 13.8. The van der Waals surface area contributed by atoms with E-state index in [-0.39, 0.29) is 18.1 Å². The molecule has 1 fully saturated rings. The van der Waals surface area contributed by atoms with E-state index in [1.165, 1.54) is 0 Å². The molecule has 21 heavy (non-hydrogen) atoms. The summed E-state index contributed by atoms with van der Waals surface area (Å²) in [5.74, 6) is -0.308. The van der Waals surface area contributed by atoms with Gasteiger partial charge in [0.25, 0.3) is 5.91 Å². The van der Waals surface area contributed by atoms with Crippen molar-refractivity contribution in [3.05, 3.63) is 42.2 Å². The van der Waals surface area contributed by atoms with Crippen molar-refractivity contribution in [2.24, 2.45) is 0 Å². The molecule has 1 aliphatic carbocycles. The molecule has 1 amide bonds. The predicted molar refractivity (Wildman–Crippen MR) is 77.1 cm³/mol. The highest BCUT2D eigenvalue weighted by atomic mass is 16.3. The smallest absolute Gasteiger partial charge is 0.273 e. The van der Waals surface area contributed by atoms with Gasteiger partial charge in [0.1, 0.15) is 0 Å². The first-order valence-corrected chi connectivity index (χ1v) is 7.15. The summed E-state index contributed by atoms with van der Waals surface area (Å²) in [4.78, 5) is 12.1. The number of nitrogens with one attached hydrogen (secondary N) is 1. The largest absolute Gasteiger partial charge is 0.388 e. The molecular formula is C15H18N4O2. The number of amides is 1. The normalized spacial score (nSPS) is 16.8. The van der Waals surface area contributed by atoms with Gasteiger partial charge in [-0.3, -0.25) is 4.79 Å². The average Bonchev–Trinajstić information content (AvgIpc) is 3.16. The highest BCUT2D eigenvalue weighted by Gasteiger charge is 2.31. The van der Waals surface area contributed by atoms with E-state index in [2.05, 4.69) is 15.6 Å². The Bertz CT molecular complexity index is 618. The molecule has 3 rings (SSSR count). The monoisotopic (exact) mass is 286 g/mol. The van der Waals surface area contributed by atoms with Crippen LogP contribution in [0.25, 0.3) is 5.69 Å². The first-order valence-electron chi connectivity index (χ1n) is 7.15. The van der Waals surface area contributed by atoms with Crippen molar-refractivity contribution in [1.82, 2.24) is 20.3 Å². The number of para-hydroxylation sites is 1. The van der Waals surface area contributed by atoms with Crippen molar-refractivity contribution in [3.8, 4) is 5.69 Å². The Hall–Kier alpha value is -2.21. The molecule has 0 radical (unpaired) electrons. The number of benzene rings is 1. The molecule has 0 bridgehead atoms. The second-order valence-electron chi connectivity index (χ2n) is 5.50.